The van der Waals surface area contributed by atoms with E-state index in [0.717, 1.165) is 5.56 Å². The molecule has 27 heavy (non-hydrogen) atoms. The minimum atomic E-state index is -3.79. The third kappa shape index (κ3) is 4.50. The average Bonchev–Trinajstić information content (AvgIpc) is 2.69. The number of nitrogens with zero attached hydrogens (tertiary/aromatic N) is 1. The van der Waals surface area contributed by atoms with E-state index >= 15 is 0 Å². The van der Waals surface area contributed by atoms with Crippen LogP contribution in [0.1, 0.15) is 28.9 Å². The summed E-state index contributed by atoms with van der Waals surface area (Å²) in [4.78, 5) is 12.5. The second-order valence-electron chi connectivity index (χ2n) is 6.27. The number of rotatable bonds is 5. The number of carbonyl (C=O) groups is 1. The van der Waals surface area contributed by atoms with Crippen LogP contribution in [-0.2, 0) is 14.8 Å². The second-order valence-corrected chi connectivity index (χ2v) is 8.58. The molecule has 0 unspecified atom stereocenters. The van der Waals surface area contributed by atoms with Crippen molar-refractivity contribution in [1.82, 2.24) is 9.62 Å². The van der Waals surface area contributed by atoms with E-state index in [1.165, 1.54) is 22.5 Å². The first kappa shape index (κ1) is 19.8. The van der Waals surface area contributed by atoms with Crippen LogP contribution in [0.25, 0.3) is 0 Å². The first-order chi connectivity index (χ1) is 12.9. The van der Waals surface area contributed by atoms with E-state index in [4.69, 9.17) is 16.3 Å². The average molecular weight is 409 g/mol. The van der Waals surface area contributed by atoms with E-state index < -0.39 is 10.0 Å². The number of halogens is 1. The van der Waals surface area contributed by atoms with Gasteiger partial charge >= 0.3 is 0 Å². The molecule has 2 aromatic rings. The van der Waals surface area contributed by atoms with Crippen LogP contribution in [0, 0.1) is 0 Å². The van der Waals surface area contributed by atoms with Crippen LogP contribution in [0.5, 0.6) is 0 Å². The van der Waals surface area contributed by atoms with E-state index in [0.29, 0.717) is 13.2 Å². The Bertz CT molecular complexity index is 913. The highest BCUT2D eigenvalue weighted by Gasteiger charge is 2.29. The molecule has 1 amide bonds. The Kier molecular flexibility index (Phi) is 6.16. The first-order valence-corrected chi connectivity index (χ1v) is 10.4. The molecule has 0 radical (unpaired) electrons. The molecule has 1 saturated heterocycles. The molecule has 0 aromatic heterocycles. The van der Waals surface area contributed by atoms with Gasteiger partial charge < -0.3 is 10.1 Å². The maximum atomic E-state index is 12.9. The van der Waals surface area contributed by atoms with E-state index in [1.54, 1.807) is 0 Å². The predicted molar refractivity (Wildman–Crippen MR) is 103 cm³/mol. The van der Waals surface area contributed by atoms with E-state index in [1.807, 2.05) is 37.3 Å². The fraction of sp³-hybridized carbons (Fsp3) is 0.316. The highest BCUT2D eigenvalue weighted by molar-refractivity contribution is 7.89. The third-order valence-electron chi connectivity index (χ3n) is 4.43. The summed E-state index contributed by atoms with van der Waals surface area (Å²) in [6.45, 7) is 3.08. The number of nitrogens with one attached hydrogen (secondary N) is 1. The number of benzene rings is 2. The van der Waals surface area contributed by atoms with Gasteiger partial charge in [0.25, 0.3) is 5.91 Å². The molecule has 0 spiro atoms. The molecule has 1 fully saturated rings. The number of hydrogen-bond acceptors (Lipinski definition) is 4. The zero-order valence-corrected chi connectivity index (χ0v) is 16.5. The zero-order chi connectivity index (χ0) is 19.4. The lowest BCUT2D eigenvalue weighted by Gasteiger charge is -2.26. The minimum absolute atomic E-state index is 0.0638. The lowest BCUT2D eigenvalue weighted by atomic mass is 10.1. The predicted octanol–water partition coefficient (Wildman–Crippen LogP) is 2.85. The van der Waals surface area contributed by atoms with E-state index in [-0.39, 0.29) is 40.5 Å². The molecular weight excluding hydrogens is 388 g/mol. The van der Waals surface area contributed by atoms with Gasteiger partial charge in [-0.2, -0.15) is 4.31 Å². The minimum Gasteiger partial charge on any atom is -0.379 e. The fourth-order valence-corrected chi connectivity index (χ4v) is 4.78. The molecule has 3 rings (SSSR count). The summed E-state index contributed by atoms with van der Waals surface area (Å²) >= 11 is 6.14. The Hall–Kier alpha value is -1.93. The van der Waals surface area contributed by atoms with Crippen molar-refractivity contribution in [3.05, 3.63) is 64.7 Å². The third-order valence-corrected chi connectivity index (χ3v) is 6.81. The Morgan fingerprint density at radius 2 is 1.81 bits per heavy atom. The number of sulfonamides is 1. The number of ether oxygens (including phenoxy) is 1. The van der Waals surface area contributed by atoms with Gasteiger partial charge in [0.1, 0.15) is 4.90 Å². The van der Waals surface area contributed by atoms with Gasteiger partial charge in [0.05, 0.1) is 24.3 Å². The topological polar surface area (TPSA) is 75.7 Å². The van der Waals surface area contributed by atoms with Crippen molar-refractivity contribution >= 4 is 27.5 Å². The second kappa shape index (κ2) is 8.39. The van der Waals surface area contributed by atoms with E-state index in [2.05, 4.69) is 5.32 Å². The first-order valence-electron chi connectivity index (χ1n) is 8.63. The lowest BCUT2D eigenvalue weighted by molar-refractivity contribution is 0.0730. The SMILES string of the molecule is C[C@@H](NC(=O)c1ccc(Cl)c(S(=O)(=O)N2CCOCC2)c1)c1ccccc1. The Balaban J connectivity index is 1.83. The summed E-state index contributed by atoms with van der Waals surface area (Å²) < 4.78 is 32.3. The van der Waals surface area contributed by atoms with Crippen LogP contribution < -0.4 is 5.32 Å². The standard InChI is InChI=1S/C19H21ClN2O4S/c1-14(15-5-3-2-4-6-15)21-19(23)16-7-8-17(20)18(13-16)27(24,25)22-9-11-26-12-10-22/h2-8,13-14H,9-12H2,1H3,(H,21,23)/t14-/m1/s1. The Morgan fingerprint density at radius 1 is 1.15 bits per heavy atom. The largest absolute Gasteiger partial charge is 0.379 e. The maximum Gasteiger partial charge on any atom is 0.251 e. The van der Waals surface area contributed by atoms with Gasteiger partial charge in [-0.3, -0.25) is 4.79 Å². The van der Waals surface area contributed by atoms with Crippen LogP contribution in [0.15, 0.2) is 53.4 Å². The van der Waals surface area contributed by atoms with Crippen LogP contribution in [-0.4, -0.2) is 44.9 Å². The van der Waals surface area contributed by atoms with Crippen molar-refractivity contribution in [2.45, 2.75) is 17.9 Å². The van der Waals surface area contributed by atoms with Crippen molar-refractivity contribution in [1.29, 1.82) is 0 Å². The van der Waals surface area contributed by atoms with Crippen molar-refractivity contribution < 1.29 is 17.9 Å². The molecule has 1 N–H and O–H groups in total. The molecule has 0 bridgehead atoms. The molecule has 1 heterocycles. The molecule has 8 heteroatoms. The normalized spacial score (nSPS) is 16.7. The quantitative estimate of drug-likeness (QED) is 0.825. The van der Waals surface area contributed by atoms with Gasteiger partial charge in [-0.1, -0.05) is 41.9 Å². The molecule has 1 aliphatic rings. The summed E-state index contributed by atoms with van der Waals surface area (Å²) in [7, 11) is -3.79. The van der Waals surface area contributed by atoms with Crippen LogP contribution in [0.3, 0.4) is 0 Å². The molecule has 1 atom stereocenters. The molecule has 144 valence electrons. The molecule has 2 aromatic carbocycles. The van der Waals surface area contributed by atoms with Crippen molar-refractivity contribution in [2.24, 2.45) is 0 Å². The number of amides is 1. The molecule has 0 aliphatic carbocycles. The van der Waals surface area contributed by atoms with E-state index in [9.17, 15) is 13.2 Å². The number of hydrogen-bond donors (Lipinski definition) is 1. The van der Waals surface area contributed by atoms with Crippen molar-refractivity contribution in [3.63, 3.8) is 0 Å². The van der Waals surface area contributed by atoms with Gasteiger partial charge in [0, 0.05) is 18.7 Å². The summed E-state index contributed by atoms with van der Waals surface area (Å²) in [6.07, 6.45) is 0. The molecule has 6 nitrogen and oxygen atoms in total. The monoisotopic (exact) mass is 408 g/mol. The number of carbonyl (C=O) groups excluding carboxylic acids is 1. The Morgan fingerprint density at radius 3 is 2.48 bits per heavy atom. The van der Waals surface area contributed by atoms with Gasteiger partial charge in [-0.25, -0.2) is 8.42 Å². The van der Waals surface area contributed by atoms with Crippen LogP contribution >= 0.6 is 11.6 Å². The van der Waals surface area contributed by atoms with Gasteiger partial charge in [0.2, 0.25) is 10.0 Å². The van der Waals surface area contributed by atoms with Gasteiger partial charge in [0.15, 0.2) is 0 Å². The van der Waals surface area contributed by atoms with Gasteiger partial charge in [-0.15, -0.1) is 0 Å². The summed E-state index contributed by atoms with van der Waals surface area (Å²) in [5, 5.41) is 2.97. The van der Waals surface area contributed by atoms with Crippen molar-refractivity contribution in [3.8, 4) is 0 Å². The smallest absolute Gasteiger partial charge is 0.251 e. The number of morpholine rings is 1. The van der Waals surface area contributed by atoms with Crippen LogP contribution in [0.2, 0.25) is 5.02 Å². The van der Waals surface area contributed by atoms with Gasteiger partial charge in [-0.05, 0) is 30.7 Å². The zero-order valence-electron chi connectivity index (χ0n) is 14.9. The highest BCUT2D eigenvalue weighted by atomic mass is 35.5. The summed E-state index contributed by atoms with van der Waals surface area (Å²) in [5.41, 5.74) is 1.20. The Labute approximate surface area is 164 Å². The molecule has 0 saturated carbocycles. The molecule has 1 aliphatic heterocycles. The van der Waals surface area contributed by atoms with Crippen molar-refractivity contribution in [2.75, 3.05) is 26.3 Å². The fourth-order valence-electron chi connectivity index (χ4n) is 2.87. The maximum absolute atomic E-state index is 12.9. The van der Waals surface area contributed by atoms with Crippen LogP contribution in [0.4, 0.5) is 0 Å². The summed E-state index contributed by atoms with van der Waals surface area (Å²) in [5.74, 6) is -0.360. The lowest BCUT2D eigenvalue weighted by Crippen LogP contribution is -2.40. The highest BCUT2D eigenvalue weighted by Crippen LogP contribution is 2.27. The summed E-state index contributed by atoms with van der Waals surface area (Å²) in [6, 6.07) is 13.6. The molecular formula is C19H21ClN2O4S.